The third-order valence-electron chi connectivity index (χ3n) is 10.5. The summed E-state index contributed by atoms with van der Waals surface area (Å²) in [4.78, 5) is 66.4. The summed E-state index contributed by atoms with van der Waals surface area (Å²) < 4.78 is 21.8. The van der Waals surface area contributed by atoms with Crippen LogP contribution >= 0.6 is 0 Å². The molecule has 3 aliphatic heterocycles. The van der Waals surface area contributed by atoms with Gasteiger partial charge in [0.05, 0.1) is 43.3 Å². The zero-order valence-corrected chi connectivity index (χ0v) is 32.8. The molecule has 3 aliphatic rings. The molecule has 0 saturated carbocycles. The fraction of sp³-hybridized carbons (Fsp3) is 0.711. The lowest BCUT2D eigenvalue weighted by Gasteiger charge is -2.39. The van der Waals surface area contributed by atoms with E-state index in [0.717, 1.165) is 5.56 Å². The number of hydrogen-bond donors (Lipinski definition) is 10. The molecule has 20 nitrogen and oxygen atoms in total. The summed E-state index contributed by atoms with van der Waals surface area (Å²) in [7, 11) is 0. The van der Waals surface area contributed by atoms with Gasteiger partial charge in [0.1, 0.15) is 36.6 Å². The van der Waals surface area contributed by atoms with Crippen molar-refractivity contribution in [3.05, 3.63) is 35.9 Å². The number of carbonyl (C=O) groups is 5. The second-order valence-corrected chi connectivity index (χ2v) is 15.0. The first-order valence-corrected chi connectivity index (χ1v) is 19.7. The van der Waals surface area contributed by atoms with E-state index in [1.54, 1.807) is 0 Å². The Balaban J connectivity index is 1.26. The second kappa shape index (κ2) is 22.6. The smallest absolute Gasteiger partial charge is 0.243 e. The van der Waals surface area contributed by atoms with Crippen LogP contribution in [0.15, 0.2) is 30.3 Å². The predicted octanol–water partition coefficient (Wildman–Crippen LogP) is -3.86. The average molecular weight is 826 g/mol. The van der Waals surface area contributed by atoms with E-state index in [2.05, 4.69) is 16.0 Å². The van der Waals surface area contributed by atoms with Gasteiger partial charge in [-0.2, -0.15) is 0 Å². The minimum Gasteiger partial charge on any atom is -0.388 e. The van der Waals surface area contributed by atoms with Crippen LogP contribution in [0.25, 0.3) is 0 Å². The molecule has 5 amide bonds. The largest absolute Gasteiger partial charge is 0.388 e. The molecule has 0 spiro atoms. The number of aliphatic hydroxyl groups is 6. The molecule has 1 aromatic carbocycles. The van der Waals surface area contributed by atoms with E-state index < -0.39 is 103 Å². The minimum atomic E-state index is -1.52. The summed E-state index contributed by atoms with van der Waals surface area (Å²) in [5, 5.41) is 67.9. The molecule has 3 heterocycles. The average Bonchev–Trinajstić information content (AvgIpc) is 3.21. The number of benzene rings is 1. The highest BCUT2D eigenvalue weighted by Crippen LogP contribution is 2.25. The summed E-state index contributed by atoms with van der Waals surface area (Å²) in [5.74, 6) is -4.04. The molecule has 0 bridgehead atoms. The molecule has 326 valence electrons. The Hall–Kier alpha value is -3.67. The zero-order valence-electron chi connectivity index (χ0n) is 32.8. The van der Waals surface area contributed by atoms with Crippen LogP contribution in [0, 0.1) is 11.8 Å². The van der Waals surface area contributed by atoms with Gasteiger partial charge < -0.3 is 70.9 Å². The highest BCUT2D eigenvalue weighted by molar-refractivity contribution is 5.97. The van der Waals surface area contributed by atoms with Gasteiger partial charge in [0.2, 0.25) is 29.5 Å². The number of piperidine rings is 1. The zero-order chi connectivity index (χ0) is 42.5. The fourth-order valence-electron chi connectivity index (χ4n) is 6.95. The minimum absolute atomic E-state index is 0.00200. The van der Waals surface area contributed by atoms with Gasteiger partial charge in [0.15, 0.2) is 12.6 Å². The topological polar surface area (TPSA) is 309 Å². The number of likely N-dealkylation sites (tertiary alicyclic amines) is 1. The van der Waals surface area contributed by atoms with Crippen molar-refractivity contribution in [3.8, 4) is 0 Å². The number of nitrogens with one attached hydrogen (secondary N) is 3. The van der Waals surface area contributed by atoms with Crippen molar-refractivity contribution in [1.82, 2.24) is 20.9 Å². The quantitative estimate of drug-likeness (QED) is 0.0634. The Bertz CT molecular complexity index is 1450. The maximum atomic E-state index is 13.4. The number of nitrogens with zero attached hydrogens (tertiary/aromatic N) is 1. The standard InChI is InChI=1S/C38H59N5O15/c1-20-28(46)30(48)32(50)37(57-20)55-14-12-40-34(52)23-17-24(35(53)41-13-15-56-38-33(51)31(49)29(47)21(2)58-38)19-43(18-23)27(45)11-7-6-10-26(44)42-36(54)25(39)16-22-8-4-3-5-9-22/h3-5,8-9,20-21,23-25,28-33,37-38,46-51H,6-7,10-19,39H2,1-2H3,(H,40,52)(H,41,53)(H,42,44,54)/t20-,21-,23-,24+,25-,28+,29+,30+,31+,32-,33-,37+,38+/m0/s1. The molecule has 3 saturated heterocycles. The van der Waals surface area contributed by atoms with Gasteiger partial charge in [-0.15, -0.1) is 0 Å². The normalized spacial score (nSPS) is 31.8. The number of imide groups is 1. The van der Waals surface area contributed by atoms with Crippen molar-refractivity contribution in [3.63, 3.8) is 0 Å². The molecule has 4 rings (SSSR count). The highest BCUT2D eigenvalue weighted by Gasteiger charge is 2.44. The molecule has 0 aliphatic carbocycles. The van der Waals surface area contributed by atoms with E-state index in [1.807, 2.05) is 30.3 Å². The van der Waals surface area contributed by atoms with Gasteiger partial charge in [-0.05, 0) is 45.1 Å². The summed E-state index contributed by atoms with van der Waals surface area (Å²) >= 11 is 0. The van der Waals surface area contributed by atoms with E-state index in [9.17, 15) is 54.6 Å². The Kier molecular flexibility index (Phi) is 18.3. The molecule has 0 aromatic heterocycles. The van der Waals surface area contributed by atoms with Gasteiger partial charge in [-0.1, -0.05) is 30.3 Å². The van der Waals surface area contributed by atoms with Crippen molar-refractivity contribution >= 4 is 29.5 Å². The van der Waals surface area contributed by atoms with Crippen LogP contribution in [0.3, 0.4) is 0 Å². The Morgan fingerprint density at radius 2 is 1.22 bits per heavy atom. The molecule has 58 heavy (non-hydrogen) atoms. The van der Waals surface area contributed by atoms with Crippen molar-refractivity contribution in [2.45, 2.75) is 120 Å². The van der Waals surface area contributed by atoms with Crippen molar-refractivity contribution < 1.29 is 73.6 Å². The van der Waals surface area contributed by atoms with Crippen LogP contribution in [-0.2, 0) is 49.3 Å². The number of nitrogens with two attached hydrogens (primary N) is 1. The number of aliphatic hydroxyl groups excluding tert-OH is 6. The number of rotatable bonds is 18. The monoisotopic (exact) mass is 825 g/mol. The van der Waals surface area contributed by atoms with Gasteiger partial charge in [-0.3, -0.25) is 29.3 Å². The van der Waals surface area contributed by atoms with Crippen LogP contribution in [0.1, 0.15) is 51.5 Å². The molecule has 13 atom stereocenters. The van der Waals surface area contributed by atoms with Gasteiger partial charge in [0, 0.05) is 39.0 Å². The first kappa shape index (κ1) is 47.0. The molecule has 20 heteroatoms. The summed E-state index contributed by atoms with van der Waals surface area (Å²) in [6.45, 7) is 2.67. The number of hydrogen-bond acceptors (Lipinski definition) is 16. The van der Waals surface area contributed by atoms with E-state index in [4.69, 9.17) is 24.7 Å². The number of carbonyl (C=O) groups excluding carboxylic acids is 5. The molecular weight excluding hydrogens is 766 g/mol. The Morgan fingerprint density at radius 1 is 0.741 bits per heavy atom. The van der Waals surface area contributed by atoms with Crippen LogP contribution < -0.4 is 21.7 Å². The SMILES string of the molecule is C[C@@H]1O[C@@H](OCCNC(=O)[C@@H]2C[C@H](C(=O)NCCO[C@@H]3O[C@@H](C)[C@@H](O)[C@@H](O)[C@@H]3O)CN(C(=O)CCCCC(=O)NC(=O)[C@@H](N)Cc3ccccc3)C2)[C@@H](O)[C@H](O)[C@@H]1O. The van der Waals surface area contributed by atoms with Crippen LogP contribution in [0.5, 0.6) is 0 Å². The van der Waals surface area contributed by atoms with Crippen molar-refractivity contribution in [2.75, 3.05) is 39.4 Å². The molecule has 0 radical (unpaired) electrons. The number of ether oxygens (including phenoxy) is 4. The fourth-order valence-corrected chi connectivity index (χ4v) is 6.95. The maximum Gasteiger partial charge on any atom is 0.243 e. The Labute approximate surface area is 336 Å². The van der Waals surface area contributed by atoms with E-state index in [-0.39, 0.29) is 83.8 Å². The third kappa shape index (κ3) is 13.4. The highest BCUT2D eigenvalue weighted by atomic mass is 16.7. The summed E-state index contributed by atoms with van der Waals surface area (Å²) in [6, 6.07) is 8.22. The van der Waals surface area contributed by atoms with Crippen molar-refractivity contribution in [2.24, 2.45) is 17.6 Å². The van der Waals surface area contributed by atoms with Gasteiger partial charge >= 0.3 is 0 Å². The summed E-state index contributed by atoms with van der Waals surface area (Å²) in [6.07, 6.45) is -11.9. The maximum absolute atomic E-state index is 13.4. The molecule has 0 unspecified atom stereocenters. The first-order valence-electron chi connectivity index (χ1n) is 19.7. The number of amides is 5. The van der Waals surface area contributed by atoms with E-state index >= 15 is 0 Å². The second-order valence-electron chi connectivity index (χ2n) is 15.0. The molecule has 11 N–H and O–H groups in total. The lowest BCUT2D eigenvalue weighted by molar-refractivity contribution is -0.292. The predicted molar refractivity (Wildman–Crippen MR) is 201 cm³/mol. The molecule has 1 aromatic rings. The molecule has 3 fully saturated rings. The first-order chi connectivity index (χ1) is 27.6. The lowest BCUT2D eigenvalue weighted by atomic mass is 9.87. The van der Waals surface area contributed by atoms with Crippen LogP contribution in [0.2, 0.25) is 0 Å². The van der Waals surface area contributed by atoms with Gasteiger partial charge in [-0.25, -0.2) is 0 Å². The molecular formula is C38H59N5O15. The lowest BCUT2D eigenvalue weighted by Crippen LogP contribution is -2.57. The van der Waals surface area contributed by atoms with Crippen molar-refractivity contribution in [1.29, 1.82) is 0 Å². The number of unbranched alkanes of at least 4 members (excludes halogenated alkanes) is 1. The third-order valence-corrected chi connectivity index (χ3v) is 10.5. The van der Waals surface area contributed by atoms with E-state index in [1.165, 1.54) is 18.7 Å². The van der Waals surface area contributed by atoms with Crippen LogP contribution in [0.4, 0.5) is 0 Å². The summed E-state index contributed by atoms with van der Waals surface area (Å²) in [5.41, 5.74) is 6.81. The van der Waals surface area contributed by atoms with Gasteiger partial charge in [0.25, 0.3) is 0 Å². The van der Waals surface area contributed by atoms with E-state index in [0.29, 0.717) is 0 Å². The van der Waals surface area contributed by atoms with Crippen LogP contribution in [-0.4, -0.2) is 172 Å². The Morgan fingerprint density at radius 3 is 1.72 bits per heavy atom.